The highest BCUT2D eigenvalue weighted by molar-refractivity contribution is 5.28. The Balaban J connectivity index is 2.22. The first-order valence-corrected chi connectivity index (χ1v) is 4.96. The van der Waals surface area contributed by atoms with E-state index in [1.807, 2.05) is 26.0 Å². The van der Waals surface area contributed by atoms with Gasteiger partial charge in [0.2, 0.25) is 0 Å². The zero-order valence-corrected chi connectivity index (χ0v) is 8.91. The highest BCUT2D eigenvalue weighted by Gasteiger charge is 2.33. The molecule has 1 atom stereocenters. The van der Waals surface area contributed by atoms with Crippen LogP contribution in [0.2, 0.25) is 0 Å². The molecule has 1 saturated heterocycles. The summed E-state index contributed by atoms with van der Waals surface area (Å²) in [5.41, 5.74) is 2.50. The molecule has 14 heavy (non-hydrogen) atoms. The van der Waals surface area contributed by atoms with Crippen molar-refractivity contribution in [2.75, 3.05) is 6.61 Å². The van der Waals surface area contributed by atoms with Gasteiger partial charge in [-0.1, -0.05) is 24.3 Å². The van der Waals surface area contributed by atoms with Gasteiger partial charge in [0.1, 0.15) is 6.10 Å². The van der Waals surface area contributed by atoms with Crippen LogP contribution < -0.4 is 0 Å². The van der Waals surface area contributed by atoms with E-state index < -0.39 is 5.79 Å². The molecule has 0 aliphatic carbocycles. The molecule has 0 spiro atoms. The van der Waals surface area contributed by atoms with Crippen LogP contribution in [0.15, 0.2) is 24.3 Å². The summed E-state index contributed by atoms with van der Waals surface area (Å²) in [6.45, 7) is 6.65. The molecular formula is C12H16O2. The van der Waals surface area contributed by atoms with Gasteiger partial charge in [0.05, 0.1) is 6.61 Å². The lowest BCUT2D eigenvalue weighted by molar-refractivity contribution is -0.139. The molecule has 0 saturated carbocycles. The summed E-state index contributed by atoms with van der Waals surface area (Å²) < 4.78 is 11.3. The number of hydrogen-bond donors (Lipinski definition) is 0. The minimum absolute atomic E-state index is 0.0891. The van der Waals surface area contributed by atoms with Crippen LogP contribution in [0, 0.1) is 6.92 Å². The molecule has 0 bridgehead atoms. The van der Waals surface area contributed by atoms with Crippen LogP contribution >= 0.6 is 0 Å². The van der Waals surface area contributed by atoms with Crippen LogP contribution in [0.4, 0.5) is 0 Å². The molecule has 0 radical (unpaired) electrons. The number of benzene rings is 1. The van der Waals surface area contributed by atoms with Crippen molar-refractivity contribution in [1.29, 1.82) is 0 Å². The first-order chi connectivity index (χ1) is 6.58. The van der Waals surface area contributed by atoms with Crippen LogP contribution in [0.25, 0.3) is 0 Å². The van der Waals surface area contributed by atoms with E-state index in [-0.39, 0.29) is 6.10 Å². The fraction of sp³-hybridized carbons (Fsp3) is 0.500. The van der Waals surface area contributed by atoms with E-state index in [0.717, 1.165) is 0 Å². The van der Waals surface area contributed by atoms with Gasteiger partial charge in [-0.25, -0.2) is 0 Å². The fourth-order valence-corrected chi connectivity index (χ4v) is 1.79. The predicted molar refractivity (Wildman–Crippen MR) is 55.0 cm³/mol. The Morgan fingerprint density at radius 3 is 2.57 bits per heavy atom. The molecule has 76 valence electrons. The van der Waals surface area contributed by atoms with Crippen molar-refractivity contribution in [3.05, 3.63) is 35.4 Å². The number of hydrogen-bond acceptors (Lipinski definition) is 2. The fourth-order valence-electron chi connectivity index (χ4n) is 1.79. The van der Waals surface area contributed by atoms with Crippen molar-refractivity contribution in [2.24, 2.45) is 0 Å². The zero-order chi connectivity index (χ0) is 10.2. The molecule has 0 unspecified atom stereocenters. The smallest absolute Gasteiger partial charge is 0.163 e. The van der Waals surface area contributed by atoms with Gasteiger partial charge in [0.15, 0.2) is 5.79 Å². The summed E-state index contributed by atoms with van der Waals surface area (Å²) in [6, 6.07) is 8.28. The van der Waals surface area contributed by atoms with E-state index in [4.69, 9.17) is 9.47 Å². The number of aryl methyl sites for hydroxylation is 1. The number of rotatable bonds is 1. The first-order valence-electron chi connectivity index (χ1n) is 4.96. The molecule has 1 heterocycles. The Morgan fingerprint density at radius 2 is 2.00 bits per heavy atom. The summed E-state index contributed by atoms with van der Waals surface area (Å²) in [4.78, 5) is 0. The third-order valence-corrected chi connectivity index (χ3v) is 2.54. The number of ether oxygens (including phenoxy) is 2. The quantitative estimate of drug-likeness (QED) is 0.681. The standard InChI is InChI=1S/C12H16O2/c1-9-6-4-5-7-10(9)11-8-13-12(2,3)14-11/h4-7,11H,8H2,1-3H3/t11-/m1/s1. The highest BCUT2D eigenvalue weighted by Crippen LogP contribution is 2.33. The van der Waals surface area contributed by atoms with Crippen molar-refractivity contribution in [2.45, 2.75) is 32.7 Å². The van der Waals surface area contributed by atoms with Crippen LogP contribution in [0.5, 0.6) is 0 Å². The van der Waals surface area contributed by atoms with E-state index in [2.05, 4.69) is 19.1 Å². The Bertz CT molecular complexity index is 331. The molecule has 1 fully saturated rings. The van der Waals surface area contributed by atoms with Crippen LogP contribution in [0.1, 0.15) is 31.1 Å². The largest absolute Gasteiger partial charge is 0.347 e. The second-order valence-corrected chi connectivity index (χ2v) is 4.17. The monoisotopic (exact) mass is 192 g/mol. The maximum Gasteiger partial charge on any atom is 0.163 e. The van der Waals surface area contributed by atoms with Crippen molar-refractivity contribution >= 4 is 0 Å². The molecule has 2 rings (SSSR count). The van der Waals surface area contributed by atoms with E-state index in [1.165, 1.54) is 11.1 Å². The Hall–Kier alpha value is -0.860. The van der Waals surface area contributed by atoms with Gasteiger partial charge in [-0.3, -0.25) is 0 Å². The van der Waals surface area contributed by atoms with E-state index in [9.17, 15) is 0 Å². The molecule has 2 heteroatoms. The lowest BCUT2D eigenvalue weighted by Crippen LogP contribution is -2.19. The Kier molecular flexibility index (Phi) is 2.33. The van der Waals surface area contributed by atoms with Crippen molar-refractivity contribution in [3.63, 3.8) is 0 Å². The maximum absolute atomic E-state index is 5.79. The summed E-state index contributed by atoms with van der Waals surface area (Å²) >= 11 is 0. The SMILES string of the molecule is Cc1ccccc1[C@H]1COC(C)(C)O1. The molecule has 1 aliphatic rings. The molecule has 1 aromatic rings. The second-order valence-electron chi connectivity index (χ2n) is 4.17. The minimum atomic E-state index is -0.438. The topological polar surface area (TPSA) is 18.5 Å². The van der Waals surface area contributed by atoms with Gasteiger partial charge in [-0.15, -0.1) is 0 Å². The lowest BCUT2D eigenvalue weighted by atomic mass is 10.0. The Labute approximate surface area is 84.8 Å². The van der Waals surface area contributed by atoms with Gasteiger partial charge < -0.3 is 9.47 Å². The summed E-state index contributed by atoms with van der Waals surface area (Å²) in [6.07, 6.45) is 0.0891. The van der Waals surface area contributed by atoms with Crippen LogP contribution in [0.3, 0.4) is 0 Å². The Morgan fingerprint density at radius 1 is 1.29 bits per heavy atom. The van der Waals surface area contributed by atoms with Gasteiger partial charge in [-0.05, 0) is 31.9 Å². The third-order valence-electron chi connectivity index (χ3n) is 2.54. The molecule has 0 amide bonds. The zero-order valence-electron chi connectivity index (χ0n) is 8.91. The molecule has 0 aromatic heterocycles. The van der Waals surface area contributed by atoms with Gasteiger partial charge in [0, 0.05) is 0 Å². The molecule has 1 aliphatic heterocycles. The van der Waals surface area contributed by atoms with Crippen LogP contribution in [-0.2, 0) is 9.47 Å². The van der Waals surface area contributed by atoms with Gasteiger partial charge >= 0.3 is 0 Å². The van der Waals surface area contributed by atoms with E-state index in [1.54, 1.807) is 0 Å². The van der Waals surface area contributed by atoms with Gasteiger partial charge in [0.25, 0.3) is 0 Å². The van der Waals surface area contributed by atoms with E-state index in [0.29, 0.717) is 6.61 Å². The van der Waals surface area contributed by atoms with Crippen molar-refractivity contribution in [1.82, 2.24) is 0 Å². The highest BCUT2D eigenvalue weighted by atomic mass is 16.7. The second kappa shape index (κ2) is 3.37. The van der Waals surface area contributed by atoms with Gasteiger partial charge in [-0.2, -0.15) is 0 Å². The van der Waals surface area contributed by atoms with Crippen molar-refractivity contribution < 1.29 is 9.47 Å². The molecule has 0 N–H and O–H groups in total. The lowest BCUT2D eigenvalue weighted by Gasteiger charge is -2.18. The minimum Gasteiger partial charge on any atom is -0.347 e. The van der Waals surface area contributed by atoms with Crippen molar-refractivity contribution in [3.8, 4) is 0 Å². The summed E-state index contributed by atoms with van der Waals surface area (Å²) in [5.74, 6) is -0.438. The molecule has 2 nitrogen and oxygen atoms in total. The third kappa shape index (κ3) is 1.81. The maximum atomic E-state index is 5.79. The summed E-state index contributed by atoms with van der Waals surface area (Å²) in [7, 11) is 0. The average Bonchev–Trinajstić information content (AvgIpc) is 2.47. The average molecular weight is 192 g/mol. The molecule has 1 aromatic carbocycles. The normalized spacial score (nSPS) is 25.2. The van der Waals surface area contributed by atoms with Crippen LogP contribution in [-0.4, -0.2) is 12.4 Å². The summed E-state index contributed by atoms with van der Waals surface area (Å²) in [5, 5.41) is 0. The predicted octanol–water partition coefficient (Wildman–Crippen LogP) is 2.82. The first kappa shape index (κ1) is 9.69. The van der Waals surface area contributed by atoms with E-state index >= 15 is 0 Å². The molecular weight excluding hydrogens is 176 g/mol.